The van der Waals surface area contributed by atoms with Crippen LogP contribution in [0.5, 0.6) is 5.75 Å². The summed E-state index contributed by atoms with van der Waals surface area (Å²) in [5.74, 6) is 0.101. The Kier molecular flexibility index (Phi) is 4.03. The quantitative estimate of drug-likeness (QED) is 0.581. The molecule has 2 aromatic carbocycles. The number of hydrogen-bond donors (Lipinski definition) is 3. The molecule has 0 aliphatic rings. The number of anilines is 2. The number of nitrogen functional groups attached to an aromatic ring is 1. The smallest absolute Gasteiger partial charge is 0.224 e. The van der Waals surface area contributed by atoms with Crippen molar-refractivity contribution in [2.75, 3.05) is 11.1 Å². The van der Waals surface area contributed by atoms with E-state index in [0.29, 0.717) is 24.2 Å². The Morgan fingerprint density at radius 1 is 1.11 bits per heavy atom. The minimum absolute atomic E-state index is 0.0751. The lowest BCUT2D eigenvalue weighted by molar-refractivity contribution is -0.116. The second-order valence-corrected chi connectivity index (χ2v) is 4.29. The Morgan fingerprint density at radius 3 is 2.47 bits per heavy atom. The molecule has 2 aromatic rings. The maximum atomic E-state index is 11.8. The number of aromatic hydroxyl groups is 1. The van der Waals surface area contributed by atoms with Gasteiger partial charge in [0.05, 0.1) is 0 Å². The second kappa shape index (κ2) is 5.91. The van der Waals surface area contributed by atoms with E-state index in [9.17, 15) is 4.79 Å². The van der Waals surface area contributed by atoms with Crippen molar-refractivity contribution in [3.05, 3.63) is 54.1 Å². The van der Waals surface area contributed by atoms with Gasteiger partial charge < -0.3 is 16.2 Å². The number of carbonyl (C=O) groups excluding carboxylic acids is 1. The Hall–Kier alpha value is -2.49. The number of amides is 1. The summed E-state index contributed by atoms with van der Waals surface area (Å²) in [5.41, 5.74) is 8.17. The lowest BCUT2D eigenvalue weighted by atomic mass is 10.1. The van der Waals surface area contributed by atoms with Gasteiger partial charge in [-0.25, -0.2) is 0 Å². The van der Waals surface area contributed by atoms with Crippen LogP contribution in [0.25, 0.3) is 0 Å². The van der Waals surface area contributed by atoms with E-state index in [1.54, 1.807) is 12.1 Å². The van der Waals surface area contributed by atoms with Gasteiger partial charge in [-0.15, -0.1) is 0 Å². The molecule has 0 aliphatic heterocycles. The number of rotatable bonds is 4. The normalized spacial score (nSPS) is 10.1. The Labute approximate surface area is 111 Å². The molecule has 0 aromatic heterocycles. The van der Waals surface area contributed by atoms with E-state index in [0.717, 1.165) is 5.56 Å². The van der Waals surface area contributed by atoms with Crippen LogP contribution in [0.4, 0.5) is 11.4 Å². The first-order valence-corrected chi connectivity index (χ1v) is 6.07. The van der Waals surface area contributed by atoms with Gasteiger partial charge in [0.2, 0.25) is 5.91 Å². The zero-order valence-electron chi connectivity index (χ0n) is 10.5. The molecule has 1 amide bonds. The molecule has 0 aliphatic carbocycles. The molecule has 98 valence electrons. The van der Waals surface area contributed by atoms with E-state index in [1.165, 1.54) is 12.1 Å². The van der Waals surface area contributed by atoms with Gasteiger partial charge in [0.1, 0.15) is 5.75 Å². The van der Waals surface area contributed by atoms with Gasteiger partial charge in [0.15, 0.2) is 0 Å². The number of carbonyl (C=O) groups is 1. The lowest BCUT2D eigenvalue weighted by Crippen LogP contribution is -2.12. The van der Waals surface area contributed by atoms with Crippen molar-refractivity contribution in [3.8, 4) is 5.75 Å². The first kappa shape index (κ1) is 13.0. The largest absolute Gasteiger partial charge is 0.508 e. The molecule has 4 heteroatoms. The van der Waals surface area contributed by atoms with Crippen molar-refractivity contribution in [2.24, 2.45) is 0 Å². The zero-order valence-corrected chi connectivity index (χ0v) is 10.5. The maximum absolute atomic E-state index is 11.8. The lowest BCUT2D eigenvalue weighted by Gasteiger charge is -2.07. The number of aryl methyl sites for hydroxylation is 1. The summed E-state index contributed by atoms with van der Waals surface area (Å²) < 4.78 is 0. The van der Waals surface area contributed by atoms with Crippen molar-refractivity contribution < 1.29 is 9.90 Å². The third-order valence-electron chi connectivity index (χ3n) is 2.83. The van der Waals surface area contributed by atoms with E-state index < -0.39 is 0 Å². The molecule has 0 saturated carbocycles. The zero-order chi connectivity index (χ0) is 13.7. The average Bonchev–Trinajstić information content (AvgIpc) is 2.40. The first-order valence-electron chi connectivity index (χ1n) is 6.07. The molecular weight excluding hydrogens is 240 g/mol. The molecule has 0 spiro atoms. The van der Waals surface area contributed by atoms with E-state index in [1.807, 2.05) is 24.3 Å². The van der Waals surface area contributed by atoms with Crippen molar-refractivity contribution in [3.63, 3.8) is 0 Å². The Morgan fingerprint density at radius 2 is 1.79 bits per heavy atom. The van der Waals surface area contributed by atoms with Crippen molar-refractivity contribution in [1.29, 1.82) is 0 Å². The predicted molar refractivity (Wildman–Crippen MR) is 75.9 cm³/mol. The fraction of sp³-hybridized carbons (Fsp3) is 0.133. The highest BCUT2D eigenvalue weighted by Gasteiger charge is 2.05. The minimum Gasteiger partial charge on any atom is -0.508 e. The van der Waals surface area contributed by atoms with Crippen molar-refractivity contribution in [1.82, 2.24) is 0 Å². The summed E-state index contributed by atoms with van der Waals surface area (Å²) in [6, 6.07) is 13.9. The molecule has 4 N–H and O–H groups in total. The van der Waals surface area contributed by atoms with E-state index in [4.69, 9.17) is 10.8 Å². The summed E-state index contributed by atoms with van der Waals surface area (Å²) in [4.78, 5) is 11.8. The number of hydrogen-bond acceptors (Lipinski definition) is 3. The predicted octanol–water partition coefficient (Wildman–Crippen LogP) is 2.55. The molecule has 0 radical (unpaired) electrons. The summed E-state index contributed by atoms with van der Waals surface area (Å²) in [5, 5.41) is 11.9. The Bertz CT molecular complexity index is 565. The van der Waals surface area contributed by atoms with Gasteiger partial charge in [-0.05, 0) is 42.3 Å². The number of benzene rings is 2. The number of nitrogens with one attached hydrogen (secondary N) is 1. The second-order valence-electron chi connectivity index (χ2n) is 4.29. The standard InChI is InChI=1S/C15H16N2O2/c16-14-4-2-1-3-11(14)5-10-15(19)17-12-6-8-13(18)9-7-12/h1-4,6-9,18H,5,10,16H2,(H,17,19). The van der Waals surface area contributed by atoms with Crippen LogP contribution in [-0.4, -0.2) is 11.0 Å². The van der Waals surface area contributed by atoms with Gasteiger partial charge in [-0.2, -0.15) is 0 Å². The van der Waals surface area contributed by atoms with Crippen LogP contribution in [0, 0.1) is 0 Å². The molecule has 2 rings (SSSR count). The molecule has 0 atom stereocenters. The van der Waals surface area contributed by atoms with Crippen molar-refractivity contribution >= 4 is 17.3 Å². The summed E-state index contributed by atoms with van der Waals surface area (Å²) in [7, 11) is 0. The van der Waals surface area contributed by atoms with Crippen LogP contribution in [0.1, 0.15) is 12.0 Å². The highest BCUT2D eigenvalue weighted by Crippen LogP contribution is 2.15. The summed E-state index contributed by atoms with van der Waals surface area (Å²) in [6.07, 6.45) is 0.978. The topological polar surface area (TPSA) is 75.4 Å². The van der Waals surface area contributed by atoms with E-state index in [2.05, 4.69) is 5.32 Å². The van der Waals surface area contributed by atoms with Crippen molar-refractivity contribution in [2.45, 2.75) is 12.8 Å². The third-order valence-corrected chi connectivity index (χ3v) is 2.83. The number of nitrogens with two attached hydrogens (primary N) is 1. The molecule has 0 fully saturated rings. The van der Waals surface area contributed by atoms with Gasteiger partial charge in [0, 0.05) is 17.8 Å². The maximum Gasteiger partial charge on any atom is 0.224 e. The highest BCUT2D eigenvalue weighted by molar-refractivity contribution is 5.90. The monoisotopic (exact) mass is 256 g/mol. The molecule has 0 heterocycles. The summed E-state index contributed by atoms with van der Waals surface area (Å²) in [6.45, 7) is 0. The molecule has 4 nitrogen and oxygen atoms in total. The van der Waals surface area contributed by atoms with E-state index in [-0.39, 0.29) is 11.7 Å². The molecule has 19 heavy (non-hydrogen) atoms. The molecule has 0 unspecified atom stereocenters. The van der Waals surface area contributed by atoms with Gasteiger partial charge in [-0.1, -0.05) is 18.2 Å². The van der Waals surface area contributed by atoms with Crippen LogP contribution < -0.4 is 11.1 Å². The minimum atomic E-state index is -0.0751. The van der Waals surface area contributed by atoms with Crippen LogP contribution in [0.2, 0.25) is 0 Å². The third kappa shape index (κ3) is 3.74. The average molecular weight is 256 g/mol. The van der Waals surface area contributed by atoms with Gasteiger partial charge in [-0.3, -0.25) is 4.79 Å². The highest BCUT2D eigenvalue weighted by atomic mass is 16.3. The number of para-hydroxylation sites is 1. The fourth-order valence-corrected chi connectivity index (χ4v) is 1.78. The van der Waals surface area contributed by atoms with Crippen LogP contribution in [0.15, 0.2) is 48.5 Å². The molecule has 0 saturated heterocycles. The SMILES string of the molecule is Nc1ccccc1CCC(=O)Nc1ccc(O)cc1. The van der Waals surface area contributed by atoms with Crippen LogP contribution >= 0.6 is 0 Å². The number of phenols is 1. The van der Waals surface area contributed by atoms with Gasteiger partial charge >= 0.3 is 0 Å². The molecular formula is C15H16N2O2. The Balaban J connectivity index is 1.88. The van der Waals surface area contributed by atoms with Gasteiger partial charge in [0.25, 0.3) is 0 Å². The van der Waals surface area contributed by atoms with Crippen LogP contribution in [-0.2, 0) is 11.2 Å². The van der Waals surface area contributed by atoms with E-state index >= 15 is 0 Å². The molecule has 0 bridgehead atoms. The number of phenolic OH excluding ortho intramolecular Hbond substituents is 1. The fourth-order valence-electron chi connectivity index (χ4n) is 1.78. The summed E-state index contributed by atoms with van der Waals surface area (Å²) >= 11 is 0. The van der Waals surface area contributed by atoms with Crippen LogP contribution in [0.3, 0.4) is 0 Å². The first-order chi connectivity index (χ1) is 9.15.